The minimum atomic E-state index is -1.87. The van der Waals surface area contributed by atoms with Crippen molar-refractivity contribution >= 4 is 24.1 Å². The summed E-state index contributed by atoms with van der Waals surface area (Å²) >= 11 is 0. The summed E-state index contributed by atoms with van der Waals surface area (Å²) in [5, 5.41) is 62.2. The lowest BCUT2D eigenvalue weighted by atomic mass is 9.49. The number of carbonyl (C=O) groups is 4. The number of hydrogen-bond acceptors (Lipinski definition) is 21. The smallest absolute Gasteiger partial charge is 0.407 e. The van der Waals surface area contributed by atoms with Crippen molar-refractivity contribution in [1.29, 1.82) is 0 Å². The van der Waals surface area contributed by atoms with Gasteiger partial charge in [-0.15, -0.1) is 0 Å². The van der Waals surface area contributed by atoms with Crippen LogP contribution < -0.4 is 5.32 Å². The fraction of sp³-hybridized carbons (Fsp3) is 0.770. The molecule has 9 rings (SSSR count). The van der Waals surface area contributed by atoms with E-state index < -0.39 is 185 Å². The fourth-order valence-corrected chi connectivity index (χ4v) is 15.7. The number of rotatable bonds is 12. The number of ether oxygens (including phenoxy) is 11. The van der Waals surface area contributed by atoms with Crippen molar-refractivity contribution in [1.82, 2.24) is 5.32 Å². The van der Waals surface area contributed by atoms with Crippen LogP contribution in [0.3, 0.4) is 0 Å². The number of nitrogens with zero attached hydrogens (tertiary/aromatic N) is 1. The van der Waals surface area contributed by atoms with Crippen molar-refractivity contribution in [3.05, 3.63) is 68.5 Å². The maximum atomic E-state index is 15.5. The second-order valence-corrected chi connectivity index (χ2v) is 25.8. The number of nitrogens with one attached hydrogen (secondary N) is 1. The Morgan fingerprint density at radius 1 is 0.762 bits per heavy atom. The van der Waals surface area contributed by atoms with E-state index in [2.05, 4.69) is 25.2 Å². The SMILES string of the molecule is COC(=O)N[C@H]1[C@@H](C)O[C@@H](O[C@H]2C/C=C(\C)[C@@H]3C=C[C@@H]4[C@@H](O[C@H]5C[C@@H](O[C@H]6C[C@@H](O)[C@@H](O[C@@H]7C[C@@H](O)[C@@H](OC)[C@H](C)O7)[C@H](C)O6)[C@@H](O)[C@H](C)O5)[C@@H](C)C[C@H](C)[C@H]4[C@]3(C)C(O)=C3C(=O)O[C@]4(C[C@@H](C)C(C=O)=C[C@H]4/C=C/2C)C3=O)C[C@]1(C)[N+](=O)[O-]. The molecular formula is C61H88N2O21. The molecule has 1 saturated carbocycles. The number of aldehydes is 1. The van der Waals surface area contributed by atoms with Gasteiger partial charge >= 0.3 is 12.1 Å². The molecule has 27 atom stereocenters. The second kappa shape index (κ2) is 24.9. The number of esters is 1. The van der Waals surface area contributed by atoms with Crippen molar-refractivity contribution in [2.24, 2.45) is 46.8 Å². The minimum Gasteiger partial charge on any atom is -0.511 e. The van der Waals surface area contributed by atoms with Gasteiger partial charge in [-0.25, -0.2) is 9.59 Å². The van der Waals surface area contributed by atoms with Crippen molar-refractivity contribution in [2.45, 2.75) is 237 Å². The van der Waals surface area contributed by atoms with Crippen LogP contribution in [0.1, 0.15) is 121 Å². The predicted octanol–water partition coefficient (Wildman–Crippen LogP) is 5.78. The molecule has 1 spiro atoms. The second-order valence-electron chi connectivity index (χ2n) is 25.8. The lowest BCUT2D eigenvalue weighted by Gasteiger charge is -2.56. The van der Waals surface area contributed by atoms with Gasteiger partial charge < -0.3 is 77.8 Å². The molecule has 84 heavy (non-hydrogen) atoms. The fourth-order valence-electron chi connectivity index (χ4n) is 15.7. The highest BCUT2D eigenvalue weighted by Gasteiger charge is 2.64. The number of ketones is 1. The van der Waals surface area contributed by atoms with Crippen LogP contribution in [0, 0.1) is 57.0 Å². The summed E-state index contributed by atoms with van der Waals surface area (Å²) in [6.45, 7) is 19.8. The van der Waals surface area contributed by atoms with E-state index in [1.165, 1.54) is 14.0 Å². The van der Waals surface area contributed by atoms with Crippen LogP contribution in [-0.4, -0.2) is 179 Å². The quantitative estimate of drug-likeness (QED) is 0.0386. The van der Waals surface area contributed by atoms with Crippen molar-refractivity contribution in [3.8, 4) is 0 Å². The number of aliphatic hydroxyl groups excluding tert-OH is 4. The molecule has 5 aliphatic heterocycles. The number of methoxy groups -OCH3 is 2. The third-order valence-corrected chi connectivity index (χ3v) is 20.2. The number of aliphatic hydroxyl groups is 4. The average molecular weight is 1190 g/mol. The average Bonchev–Trinajstić information content (AvgIpc) is 2.80. The van der Waals surface area contributed by atoms with Crippen LogP contribution in [0.15, 0.2) is 58.4 Å². The van der Waals surface area contributed by atoms with Gasteiger partial charge in [0.15, 0.2) is 30.8 Å². The largest absolute Gasteiger partial charge is 0.511 e. The molecule has 0 unspecified atom stereocenters. The first kappa shape index (κ1) is 64.0. The number of fused-ring (bicyclic) bond motifs is 4. The van der Waals surface area contributed by atoms with E-state index in [0.29, 0.717) is 23.9 Å². The maximum Gasteiger partial charge on any atom is 0.407 e. The lowest BCUT2D eigenvalue weighted by Crippen LogP contribution is -2.65. The molecule has 0 radical (unpaired) electrons. The molecular weight excluding hydrogens is 1100 g/mol. The van der Waals surface area contributed by atoms with Gasteiger partial charge in [0.1, 0.15) is 42.0 Å². The van der Waals surface area contributed by atoms with Gasteiger partial charge in [-0.05, 0) is 89.2 Å². The normalized spacial score (nSPS) is 48.4. The molecule has 1 amide bonds. The first-order valence-corrected chi connectivity index (χ1v) is 29.8. The molecule has 0 aromatic rings. The Bertz CT molecular complexity index is 2630. The number of hydrogen-bond donors (Lipinski definition) is 5. The molecule has 9 aliphatic rings. The Morgan fingerprint density at radius 3 is 2.01 bits per heavy atom. The van der Waals surface area contributed by atoms with E-state index in [1.54, 1.807) is 53.7 Å². The van der Waals surface area contributed by atoms with E-state index in [9.17, 15) is 44.9 Å². The molecule has 23 nitrogen and oxygen atoms in total. The Labute approximate surface area is 490 Å². The van der Waals surface area contributed by atoms with Gasteiger partial charge in [-0.3, -0.25) is 19.7 Å². The number of alkyl carbamates (subject to hydrolysis) is 1. The topological polar surface area (TPSA) is 306 Å². The zero-order valence-corrected chi connectivity index (χ0v) is 50.4. The van der Waals surface area contributed by atoms with E-state index in [-0.39, 0.29) is 50.4 Å². The highest BCUT2D eigenvalue weighted by atomic mass is 16.7. The van der Waals surface area contributed by atoms with E-state index >= 15 is 4.79 Å². The number of allylic oxidation sites excluding steroid dienone is 4. The van der Waals surface area contributed by atoms with Crippen LogP contribution in [0.25, 0.3) is 0 Å². The van der Waals surface area contributed by atoms with E-state index in [0.717, 1.165) is 12.7 Å². The van der Waals surface area contributed by atoms with Crippen LogP contribution in [-0.2, 0) is 66.5 Å². The lowest BCUT2D eigenvalue weighted by molar-refractivity contribution is -0.584. The number of Topliss-reactive ketones (excluding diaryl/α,β-unsaturated/α-hetero) is 1. The Balaban J connectivity index is 1.01. The minimum absolute atomic E-state index is 0.00996. The van der Waals surface area contributed by atoms with Gasteiger partial charge in [0, 0.05) is 67.8 Å². The summed E-state index contributed by atoms with van der Waals surface area (Å²) in [6.07, 6.45) is -3.30. The molecule has 4 aliphatic carbocycles. The standard InChI is InChI=1S/C61H88N2O21/c1-27-14-17-42(80-47-25-59(10,63(72)73)54(35(9)79-47)62-58(71)75-13)28(2)19-37-20-36(26-64)31(5)24-61(37)56(69)48(57(70)84-61)55(68)60(11)39(27)16-15-38-49(60)29(3)18-30(4)51(38)82-46-23-43(50(67)32(6)76-46)81-44-22-41(66)53(34(8)78-44)83-45-21-40(65)52(74-12)33(7)77-45/h14-16,19-20,26,29-35,37-47,49-54,65-68H,17-18,21-25H2,1-13H3,(H,62,71)/b27-14+,28-19+,55-48?/t29-,30-,31+,32-,33-,34-,35+,37+,38-,39-,40+,41+,42-,43+,44-,45+,46-,47-,49+,50-,51-,52-,53-,54-,59-,60+,61-/m0/s1. The van der Waals surface area contributed by atoms with Gasteiger partial charge in [0.2, 0.25) is 11.3 Å². The van der Waals surface area contributed by atoms with Crippen LogP contribution in [0.4, 0.5) is 4.79 Å². The third kappa shape index (κ3) is 11.7. The van der Waals surface area contributed by atoms with Gasteiger partial charge in [-0.1, -0.05) is 63.6 Å². The summed E-state index contributed by atoms with van der Waals surface area (Å²) in [5.41, 5.74) is -3.76. The van der Waals surface area contributed by atoms with Gasteiger partial charge in [-0.2, -0.15) is 0 Å². The Kier molecular flexibility index (Phi) is 19.0. The highest BCUT2D eigenvalue weighted by Crippen LogP contribution is 2.61. The van der Waals surface area contributed by atoms with E-state index in [1.807, 2.05) is 26.0 Å². The third-order valence-electron chi connectivity index (χ3n) is 20.2. The van der Waals surface area contributed by atoms with Crippen molar-refractivity contribution < 1.29 is 96.6 Å². The maximum absolute atomic E-state index is 15.5. The molecule has 0 aromatic heterocycles. The first-order valence-electron chi connectivity index (χ1n) is 29.8. The molecule has 0 aromatic carbocycles. The number of amides is 1. The molecule has 23 heteroatoms. The Hall–Kier alpha value is -4.50. The number of nitro groups is 1. The molecule has 2 bridgehead atoms. The molecule has 5 N–H and O–H groups in total. The van der Waals surface area contributed by atoms with Crippen LogP contribution in [0.5, 0.6) is 0 Å². The zero-order valence-electron chi connectivity index (χ0n) is 50.4. The molecule has 5 saturated heterocycles. The Morgan fingerprint density at radius 2 is 1.38 bits per heavy atom. The molecule has 6 fully saturated rings. The van der Waals surface area contributed by atoms with Crippen LogP contribution >= 0.6 is 0 Å². The van der Waals surface area contributed by atoms with Crippen molar-refractivity contribution in [3.63, 3.8) is 0 Å². The highest BCUT2D eigenvalue weighted by molar-refractivity contribution is 6.26. The summed E-state index contributed by atoms with van der Waals surface area (Å²) in [5.74, 6) is -5.42. The monoisotopic (exact) mass is 1180 g/mol. The summed E-state index contributed by atoms with van der Waals surface area (Å²) in [6, 6.07) is -1.09. The molecule has 468 valence electrons. The van der Waals surface area contributed by atoms with Crippen LogP contribution in [0.2, 0.25) is 0 Å². The summed E-state index contributed by atoms with van der Waals surface area (Å²) in [7, 11) is 2.66. The zero-order chi connectivity index (χ0) is 61.2. The number of carbonyl (C=O) groups excluding carboxylic acids is 4. The predicted molar refractivity (Wildman–Crippen MR) is 297 cm³/mol. The van der Waals surface area contributed by atoms with E-state index in [4.69, 9.17) is 52.1 Å². The summed E-state index contributed by atoms with van der Waals surface area (Å²) in [4.78, 5) is 67.6. The molecule has 5 heterocycles. The first-order chi connectivity index (χ1) is 39.6. The van der Waals surface area contributed by atoms with Crippen molar-refractivity contribution in [2.75, 3.05) is 14.2 Å². The summed E-state index contributed by atoms with van der Waals surface area (Å²) < 4.78 is 67.8. The van der Waals surface area contributed by atoms with Gasteiger partial charge in [0.25, 0.3) is 0 Å². The van der Waals surface area contributed by atoms with Gasteiger partial charge in [0.05, 0.1) is 68.5 Å².